The Kier molecular flexibility index (Phi) is 4.40. The molecule has 3 saturated carbocycles. The van der Waals surface area contributed by atoms with Gasteiger partial charge in [-0.05, 0) is 67.6 Å². The Labute approximate surface area is 180 Å². The van der Waals surface area contributed by atoms with Crippen LogP contribution in [0, 0.1) is 34.5 Å². The third-order valence-electron chi connectivity index (χ3n) is 10.4. The maximum Gasteiger partial charge on any atom is 0.172 e. The maximum atomic E-state index is 11.4. The predicted molar refractivity (Wildman–Crippen MR) is 112 cm³/mol. The van der Waals surface area contributed by atoms with Gasteiger partial charge in [-0.2, -0.15) is 0 Å². The first kappa shape index (κ1) is 20.2. The Morgan fingerprint density at radius 1 is 0.833 bits per heavy atom. The summed E-state index contributed by atoms with van der Waals surface area (Å²) in [6, 6.07) is 0. The quantitative estimate of drug-likeness (QED) is 0.651. The summed E-state index contributed by atoms with van der Waals surface area (Å²) in [7, 11) is 0. The first-order valence-corrected chi connectivity index (χ1v) is 12.2. The van der Waals surface area contributed by atoms with E-state index in [9.17, 15) is 5.11 Å². The maximum absolute atomic E-state index is 11.4. The Balaban J connectivity index is 1.32. The fraction of sp³-hybridized carbons (Fsp3) is 0.920. The number of aliphatic hydroxyl groups excluding tert-OH is 1. The van der Waals surface area contributed by atoms with Gasteiger partial charge in [0.15, 0.2) is 11.6 Å². The number of ether oxygens (including phenoxy) is 4. The van der Waals surface area contributed by atoms with E-state index in [-0.39, 0.29) is 16.9 Å². The van der Waals surface area contributed by atoms with Crippen molar-refractivity contribution in [3.05, 3.63) is 11.6 Å². The fourth-order valence-corrected chi connectivity index (χ4v) is 8.93. The summed E-state index contributed by atoms with van der Waals surface area (Å²) >= 11 is 0. The minimum Gasteiger partial charge on any atom is -0.389 e. The van der Waals surface area contributed by atoms with Crippen LogP contribution >= 0.6 is 0 Å². The molecule has 5 heteroatoms. The van der Waals surface area contributed by atoms with Crippen LogP contribution in [-0.4, -0.2) is 49.2 Å². The molecule has 0 amide bonds. The van der Waals surface area contributed by atoms with Gasteiger partial charge in [-0.25, -0.2) is 0 Å². The van der Waals surface area contributed by atoms with Crippen molar-refractivity contribution < 1.29 is 24.1 Å². The molecule has 2 aliphatic heterocycles. The summed E-state index contributed by atoms with van der Waals surface area (Å²) in [4.78, 5) is 0. The predicted octanol–water partition coefficient (Wildman–Crippen LogP) is 4.04. The lowest BCUT2D eigenvalue weighted by molar-refractivity contribution is -0.220. The number of fused-ring (bicyclic) bond motifs is 5. The van der Waals surface area contributed by atoms with E-state index < -0.39 is 11.6 Å². The second-order valence-electron chi connectivity index (χ2n) is 11.6. The summed E-state index contributed by atoms with van der Waals surface area (Å²) in [5.74, 6) is 0.956. The average Bonchev–Trinajstić information content (AvgIpc) is 3.43. The molecule has 6 aliphatic rings. The molecule has 2 saturated heterocycles. The highest BCUT2D eigenvalue weighted by atomic mass is 16.7. The van der Waals surface area contributed by atoms with Crippen molar-refractivity contribution in [2.24, 2.45) is 34.5 Å². The lowest BCUT2D eigenvalue weighted by Gasteiger charge is -2.60. The molecule has 1 N–H and O–H groups in total. The zero-order chi connectivity index (χ0) is 20.8. The van der Waals surface area contributed by atoms with E-state index in [4.69, 9.17) is 18.9 Å². The third kappa shape index (κ3) is 2.59. The molecule has 5 nitrogen and oxygen atoms in total. The monoisotopic (exact) mass is 418 g/mol. The Bertz CT molecular complexity index is 736. The zero-order valence-electron chi connectivity index (χ0n) is 18.8. The van der Waals surface area contributed by atoms with Gasteiger partial charge in [-0.3, -0.25) is 0 Å². The van der Waals surface area contributed by atoms with Crippen molar-refractivity contribution in [1.29, 1.82) is 0 Å². The Morgan fingerprint density at radius 3 is 2.27 bits per heavy atom. The second-order valence-corrected chi connectivity index (χ2v) is 11.6. The van der Waals surface area contributed by atoms with Crippen LogP contribution in [0.4, 0.5) is 0 Å². The molecule has 7 atom stereocenters. The zero-order valence-corrected chi connectivity index (χ0v) is 18.8. The summed E-state index contributed by atoms with van der Waals surface area (Å²) in [6.07, 6.45) is 9.46. The van der Waals surface area contributed by atoms with Gasteiger partial charge >= 0.3 is 0 Å². The molecule has 30 heavy (non-hydrogen) atoms. The van der Waals surface area contributed by atoms with Crippen LogP contribution in [0.2, 0.25) is 0 Å². The van der Waals surface area contributed by atoms with Crippen molar-refractivity contribution in [2.45, 2.75) is 83.4 Å². The van der Waals surface area contributed by atoms with Crippen molar-refractivity contribution in [1.82, 2.24) is 0 Å². The van der Waals surface area contributed by atoms with Crippen LogP contribution in [0.15, 0.2) is 11.6 Å². The molecule has 168 valence electrons. The van der Waals surface area contributed by atoms with Gasteiger partial charge in [0, 0.05) is 18.8 Å². The van der Waals surface area contributed by atoms with Crippen molar-refractivity contribution in [3.8, 4) is 0 Å². The molecule has 2 heterocycles. The molecule has 6 rings (SSSR count). The molecule has 0 aromatic rings. The third-order valence-corrected chi connectivity index (χ3v) is 10.4. The van der Waals surface area contributed by atoms with E-state index in [1.807, 2.05) is 0 Å². The fourth-order valence-electron chi connectivity index (χ4n) is 8.93. The van der Waals surface area contributed by atoms with Crippen LogP contribution in [0.25, 0.3) is 0 Å². The average molecular weight is 419 g/mol. The van der Waals surface area contributed by atoms with Gasteiger partial charge in [0.1, 0.15) is 0 Å². The van der Waals surface area contributed by atoms with E-state index in [1.54, 1.807) is 0 Å². The van der Waals surface area contributed by atoms with Gasteiger partial charge in [-0.15, -0.1) is 0 Å². The number of aliphatic hydroxyl groups is 1. The lowest BCUT2D eigenvalue weighted by atomic mass is 9.46. The van der Waals surface area contributed by atoms with Gasteiger partial charge in [0.05, 0.1) is 32.5 Å². The van der Waals surface area contributed by atoms with E-state index >= 15 is 0 Å². The number of hydrogen-bond donors (Lipinski definition) is 1. The molecule has 4 aliphatic carbocycles. The van der Waals surface area contributed by atoms with Crippen molar-refractivity contribution in [3.63, 3.8) is 0 Å². The largest absolute Gasteiger partial charge is 0.389 e. The summed E-state index contributed by atoms with van der Waals surface area (Å²) in [6.45, 7) is 9.89. The SMILES string of the molecule is CC1([C@H]2CCC3[C@@H]4C(O)C=C5CC6(CC[C@]5(C)[C@H]4CC[C@@]32C)OCCO6)OCCO1. The normalized spacial score (nSPS) is 51.3. The summed E-state index contributed by atoms with van der Waals surface area (Å²) < 4.78 is 24.4. The van der Waals surface area contributed by atoms with E-state index in [1.165, 1.54) is 24.8 Å². The smallest absolute Gasteiger partial charge is 0.172 e. The summed E-state index contributed by atoms with van der Waals surface area (Å²) in [5.41, 5.74) is 1.72. The highest BCUT2D eigenvalue weighted by Crippen LogP contribution is 2.68. The Morgan fingerprint density at radius 2 is 1.53 bits per heavy atom. The van der Waals surface area contributed by atoms with Gasteiger partial charge < -0.3 is 24.1 Å². The van der Waals surface area contributed by atoms with Gasteiger partial charge in [0.2, 0.25) is 0 Å². The molecule has 0 aromatic heterocycles. The number of rotatable bonds is 1. The first-order valence-electron chi connectivity index (χ1n) is 12.2. The number of hydrogen-bond acceptors (Lipinski definition) is 5. The van der Waals surface area contributed by atoms with E-state index in [0.717, 1.165) is 25.7 Å². The Hall–Kier alpha value is -0.460. The van der Waals surface area contributed by atoms with Crippen molar-refractivity contribution in [2.75, 3.05) is 26.4 Å². The molecule has 2 unspecified atom stereocenters. The minimum absolute atomic E-state index is 0.161. The van der Waals surface area contributed by atoms with Crippen LogP contribution in [0.3, 0.4) is 0 Å². The first-order chi connectivity index (χ1) is 14.3. The van der Waals surface area contributed by atoms with E-state index in [0.29, 0.717) is 50.1 Å². The molecule has 0 bridgehead atoms. The van der Waals surface area contributed by atoms with Gasteiger partial charge in [-0.1, -0.05) is 25.5 Å². The standard InChI is InChI=1S/C25H38O5/c1-22-8-9-25(29-12-13-30-25)15-16(22)14-19(26)21-17-4-5-20(24(3)27-10-11-28-24)23(17,2)7-6-18(21)22/h14,17-21,26H,4-13,15H2,1-3H3/t17?,18-,19?,20-,21-,22-,23-/m0/s1. The van der Waals surface area contributed by atoms with Crippen molar-refractivity contribution >= 4 is 0 Å². The molecule has 5 fully saturated rings. The van der Waals surface area contributed by atoms with Crippen LogP contribution < -0.4 is 0 Å². The van der Waals surface area contributed by atoms with Crippen LogP contribution in [-0.2, 0) is 18.9 Å². The minimum atomic E-state index is -0.449. The highest BCUT2D eigenvalue weighted by Gasteiger charge is 2.65. The highest BCUT2D eigenvalue weighted by molar-refractivity contribution is 5.29. The molecule has 0 radical (unpaired) electrons. The topological polar surface area (TPSA) is 57.2 Å². The van der Waals surface area contributed by atoms with Crippen LogP contribution in [0.1, 0.15) is 65.7 Å². The molecule has 0 aromatic carbocycles. The van der Waals surface area contributed by atoms with Gasteiger partial charge in [0.25, 0.3) is 0 Å². The lowest BCUT2D eigenvalue weighted by Crippen LogP contribution is -2.57. The summed E-state index contributed by atoms with van der Waals surface area (Å²) in [5, 5.41) is 11.4. The second kappa shape index (κ2) is 6.54. The molecular formula is C25H38O5. The molecule has 1 spiro atoms. The van der Waals surface area contributed by atoms with Crippen LogP contribution in [0.5, 0.6) is 0 Å². The molecular weight excluding hydrogens is 380 g/mol. The van der Waals surface area contributed by atoms with E-state index in [2.05, 4.69) is 26.8 Å².